The van der Waals surface area contributed by atoms with Crippen molar-refractivity contribution in [3.05, 3.63) is 95.6 Å². The molecule has 3 aromatic carbocycles. The van der Waals surface area contributed by atoms with Crippen molar-refractivity contribution in [2.24, 2.45) is 5.92 Å². The number of amides is 2. The van der Waals surface area contributed by atoms with Gasteiger partial charge in [0.25, 0.3) is 5.91 Å². The second kappa shape index (κ2) is 15.1. The zero-order chi connectivity index (χ0) is 31.8. The third-order valence-corrected chi connectivity index (χ3v) is 8.50. The molecule has 1 aliphatic heterocycles. The Labute approximate surface area is 258 Å². The zero-order valence-electron chi connectivity index (χ0n) is 24.3. The Morgan fingerprint density at radius 1 is 0.955 bits per heavy atom. The van der Waals surface area contributed by atoms with Crippen LogP contribution in [0.15, 0.2) is 72.8 Å². The van der Waals surface area contributed by atoms with Crippen LogP contribution in [0.3, 0.4) is 0 Å². The molecule has 0 spiro atoms. The highest BCUT2D eigenvalue weighted by Gasteiger charge is 2.49. The lowest BCUT2D eigenvalue weighted by Crippen LogP contribution is -2.57. The smallest absolute Gasteiger partial charge is 0.320 e. The number of aliphatic hydroxyl groups excluding tert-OH is 1. The van der Waals surface area contributed by atoms with Crippen LogP contribution in [-0.2, 0) is 14.4 Å². The van der Waals surface area contributed by atoms with E-state index in [1.165, 1.54) is 60.3 Å². The van der Waals surface area contributed by atoms with Gasteiger partial charge in [0.1, 0.15) is 28.7 Å². The van der Waals surface area contributed by atoms with Crippen molar-refractivity contribution in [1.29, 1.82) is 0 Å². The number of ether oxygens (including phenoxy) is 1. The number of carboxylic acid groups (broad SMARTS) is 1. The summed E-state index contributed by atoms with van der Waals surface area (Å²) in [5.74, 6) is -1.79. The van der Waals surface area contributed by atoms with Crippen LogP contribution in [0.5, 0.6) is 5.75 Å². The maximum atomic E-state index is 13.6. The van der Waals surface area contributed by atoms with E-state index in [-0.39, 0.29) is 36.6 Å². The summed E-state index contributed by atoms with van der Waals surface area (Å²) in [5, 5.41) is 24.9. The Bertz CT molecular complexity index is 1420. The molecular formula is C32H35F2N3O6S. The number of thioether (sulfide) groups is 1. The van der Waals surface area contributed by atoms with Crippen molar-refractivity contribution >= 4 is 35.2 Å². The van der Waals surface area contributed by atoms with Crippen molar-refractivity contribution in [3.8, 4) is 5.75 Å². The number of carbonyl (C=O) groups is 3. The number of anilines is 1. The van der Waals surface area contributed by atoms with Gasteiger partial charge in [-0.05, 0) is 65.6 Å². The number of nitrogens with zero attached hydrogens (tertiary/aromatic N) is 1. The molecule has 9 nitrogen and oxygen atoms in total. The number of nitrogens with one attached hydrogen (secondary N) is 2. The predicted molar refractivity (Wildman–Crippen MR) is 163 cm³/mol. The first-order valence-electron chi connectivity index (χ1n) is 14.1. The fourth-order valence-corrected chi connectivity index (χ4v) is 6.11. The van der Waals surface area contributed by atoms with E-state index in [1.807, 2.05) is 0 Å². The molecule has 4 N–H and O–H groups in total. The summed E-state index contributed by atoms with van der Waals surface area (Å²) in [7, 11) is 0. The van der Waals surface area contributed by atoms with Gasteiger partial charge in [-0.3, -0.25) is 14.4 Å². The van der Waals surface area contributed by atoms with E-state index in [1.54, 1.807) is 43.0 Å². The van der Waals surface area contributed by atoms with Crippen molar-refractivity contribution in [3.63, 3.8) is 0 Å². The number of hydrogen-bond donors (Lipinski definition) is 4. The second-order valence-corrected chi connectivity index (χ2v) is 11.8. The van der Waals surface area contributed by atoms with Crippen molar-refractivity contribution in [1.82, 2.24) is 10.6 Å². The largest absolute Gasteiger partial charge is 0.484 e. The van der Waals surface area contributed by atoms with Crippen LogP contribution in [0.4, 0.5) is 14.5 Å². The van der Waals surface area contributed by atoms with Crippen LogP contribution < -0.4 is 20.3 Å². The van der Waals surface area contributed by atoms with Gasteiger partial charge in [0, 0.05) is 24.5 Å². The molecule has 1 saturated heterocycles. The van der Waals surface area contributed by atoms with Crippen LogP contribution in [-0.4, -0.2) is 64.7 Å². The average Bonchev–Trinajstić information content (AvgIpc) is 2.99. The van der Waals surface area contributed by atoms with Gasteiger partial charge < -0.3 is 30.5 Å². The molecule has 234 valence electrons. The molecule has 2 amide bonds. The normalized spacial score (nSPS) is 17.6. The SMILES string of the molecule is CC(C)[C@H](NCCNC(=O)COc1ccc(C2C(SCC(O)c3ccc(F)cc3)C(=O)N2c2ccc(F)cc2)cc1)C(=O)O. The third kappa shape index (κ3) is 8.34. The number of aliphatic hydroxyl groups is 1. The monoisotopic (exact) mass is 627 g/mol. The fourth-order valence-electron chi connectivity index (χ4n) is 4.81. The molecule has 3 aromatic rings. The standard InChI is InChI=1S/C32H35F2N3O6S/c1-19(2)28(32(41)42)36-16-15-35-27(39)17-43-25-13-5-21(6-14-25)29-30(31(40)37(29)24-11-9-23(34)10-12-24)44-18-26(38)20-3-7-22(33)8-4-20/h3-14,19,26,28-30,36,38H,15-18H2,1-2H3,(H,35,39)(H,41,42)/t26?,28-,29?,30?/m0/s1. The first-order chi connectivity index (χ1) is 21.0. The minimum Gasteiger partial charge on any atom is -0.484 e. The van der Waals surface area contributed by atoms with Gasteiger partial charge in [-0.2, -0.15) is 0 Å². The molecule has 4 rings (SSSR count). The minimum absolute atomic E-state index is 0.0998. The maximum Gasteiger partial charge on any atom is 0.320 e. The molecule has 0 aromatic heterocycles. The maximum absolute atomic E-state index is 13.6. The Hall–Kier alpha value is -4.00. The predicted octanol–water partition coefficient (Wildman–Crippen LogP) is 4.08. The first-order valence-corrected chi connectivity index (χ1v) is 15.2. The van der Waals surface area contributed by atoms with E-state index in [9.17, 15) is 33.4 Å². The summed E-state index contributed by atoms with van der Waals surface area (Å²) in [6.07, 6.45) is -0.902. The van der Waals surface area contributed by atoms with Crippen molar-refractivity contribution < 1.29 is 38.1 Å². The summed E-state index contributed by atoms with van der Waals surface area (Å²) < 4.78 is 32.5. The lowest BCUT2D eigenvalue weighted by Gasteiger charge is -2.47. The van der Waals surface area contributed by atoms with E-state index >= 15 is 0 Å². The van der Waals surface area contributed by atoms with Crippen LogP contribution in [0.25, 0.3) is 0 Å². The minimum atomic E-state index is -0.947. The molecular weight excluding hydrogens is 592 g/mol. The molecule has 12 heteroatoms. The number of halogens is 2. The molecule has 0 radical (unpaired) electrons. The highest BCUT2D eigenvalue weighted by molar-refractivity contribution is 8.00. The third-order valence-electron chi connectivity index (χ3n) is 7.17. The van der Waals surface area contributed by atoms with Crippen LogP contribution in [0, 0.1) is 17.6 Å². The Kier molecular flexibility index (Phi) is 11.3. The van der Waals surface area contributed by atoms with E-state index in [0.29, 0.717) is 23.5 Å². The highest BCUT2D eigenvalue weighted by atomic mass is 32.2. The number of β-lactam (4-membered cyclic amide) rings is 1. The molecule has 3 unspecified atom stereocenters. The van der Waals surface area contributed by atoms with Crippen LogP contribution in [0.2, 0.25) is 0 Å². The molecule has 1 aliphatic rings. The topological polar surface area (TPSA) is 128 Å². The molecule has 44 heavy (non-hydrogen) atoms. The number of rotatable bonds is 15. The number of hydrogen-bond acceptors (Lipinski definition) is 7. The summed E-state index contributed by atoms with van der Waals surface area (Å²) in [6.45, 7) is 3.88. The second-order valence-electron chi connectivity index (χ2n) is 10.7. The Morgan fingerprint density at radius 3 is 2.16 bits per heavy atom. The van der Waals surface area contributed by atoms with Gasteiger partial charge in [0.2, 0.25) is 5.91 Å². The number of aliphatic carboxylic acids is 1. The van der Waals surface area contributed by atoms with Gasteiger partial charge in [0.15, 0.2) is 6.61 Å². The van der Waals surface area contributed by atoms with Gasteiger partial charge in [-0.25, -0.2) is 8.78 Å². The first kappa shape index (κ1) is 32.9. The van der Waals surface area contributed by atoms with Crippen LogP contribution in [0.1, 0.15) is 37.1 Å². The zero-order valence-corrected chi connectivity index (χ0v) is 25.1. The Balaban J connectivity index is 1.36. The molecule has 0 saturated carbocycles. The lowest BCUT2D eigenvalue weighted by molar-refractivity contribution is -0.140. The number of benzene rings is 3. The van der Waals surface area contributed by atoms with Gasteiger partial charge in [-0.15, -0.1) is 11.8 Å². The van der Waals surface area contributed by atoms with E-state index in [4.69, 9.17) is 4.74 Å². The number of carbonyl (C=O) groups excluding carboxylic acids is 2. The molecule has 0 aliphatic carbocycles. The van der Waals surface area contributed by atoms with Gasteiger partial charge in [0.05, 0.1) is 12.1 Å². The van der Waals surface area contributed by atoms with Gasteiger partial charge >= 0.3 is 5.97 Å². The molecule has 1 fully saturated rings. The average molecular weight is 628 g/mol. The van der Waals surface area contributed by atoms with Crippen molar-refractivity contribution in [2.45, 2.75) is 37.3 Å². The van der Waals surface area contributed by atoms with E-state index in [2.05, 4.69) is 10.6 Å². The summed E-state index contributed by atoms with van der Waals surface area (Å²) in [5.41, 5.74) is 1.86. The van der Waals surface area contributed by atoms with Crippen molar-refractivity contribution in [2.75, 3.05) is 30.3 Å². The summed E-state index contributed by atoms with van der Waals surface area (Å²) >= 11 is 1.28. The molecule has 1 heterocycles. The highest BCUT2D eigenvalue weighted by Crippen LogP contribution is 2.46. The molecule has 0 bridgehead atoms. The Morgan fingerprint density at radius 2 is 1.57 bits per heavy atom. The van der Waals surface area contributed by atoms with Crippen LogP contribution >= 0.6 is 11.8 Å². The quantitative estimate of drug-likeness (QED) is 0.147. The summed E-state index contributed by atoms with van der Waals surface area (Å²) in [4.78, 5) is 38.3. The molecule has 4 atom stereocenters. The lowest BCUT2D eigenvalue weighted by atomic mass is 9.92. The number of carboxylic acids is 1. The summed E-state index contributed by atoms with van der Waals surface area (Å²) in [6, 6.07) is 17.0. The van der Waals surface area contributed by atoms with E-state index < -0.39 is 41.0 Å². The fraction of sp³-hybridized carbons (Fsp3) is 0.344. The van der Waals surface area contributed by atoms with E-state index in [0.717, 1.165) is 5.56 Å². The van der Waals surface area contributed by atoms with Gasteiger partial charge in [-0.1, -0.05) is 38.1 Å².